The number of hydrogen-bond donors (Lipinski definition) is 2. The van der Waals surface area contributed by atoms with Crippen molar-refractivity contribution in [3.8, 4) is 5.75 Å². The van der Waals surface area contributed by atoms with Crippen molar-refractivity contribution in [2.45, 2.75) is 32.9 Å². The normalized spacial score (nSPS) is 20.9. The van der Waals surface area contributed by atoms with Gasteiger partial charge in [0.2, 0.25) is 0 Å². The number of aliphatic imine (C=N–C) groups is 1. The highest BCUT2D eigenvalue weighted by molar-refractivity contribution is 5.79. The van der Waals surface area contributed by atoms with E-state index in [9.17, 15) is 0 Å². The molecule has 156 valence electrons. The summed E-state index contributed by atoms with van der Waals surface area (Å²) in [7, 11) is 0. The van der Waals surface area contributed by atoms with Crippen molar-refractivity contribution >= 4 is 5.96 Å². The molecule has 0 bridgehead atoms. The highest BCUT2D eigenvalue weighted by Crippen LogP contribution is 2.24. The van der Waals surface area contributed by atoms with E-state index in [0.29, 0.717) is 13.2 Å². The Bertz CT molecular complexity index is 626. The molecule has 0 aliphatic carbocycles. The first-order valence-electron chi connectivity index (χ1n) is 10.4. The van der Waals surface area contributed by atoms with Gasteiger partial charge >= 0.3 is 0 Å². The second-order valence-electron chi connectivity index (χ2n) is 7.29. The first kappa shape index (κ1) is 20.9. The first-order valence-corrected chi connectivity index (χ1v) is 10.4. The maximum Gasteiger partial charge on any atom is 0.191 e. The summed E-state index contributed by atoms with van der Waals surface area (Å²) in [5.74, 6) is 1.76. The minimum Gasteiger partial charge on any atom is -0.488 e. The third-order valence-electron chi connectivity index (χ3n) is 4.98. The Morgan fingerprint density at radius 1 is 1.21 bits per heavy atom. The molecule has 2 heterocycles. The highest BCUT2D eigenvalue weighted by Gasteiger charge is 2.18. The molecule has 7 heteroatoms. The van der Waals surface area contributed by atoms with Crippen LogP contribution in [-0.4, -0.2) is 76.1 Å². The van der Waals surface area contributed by atoms with Crippen LogP contribution in [0.3, 0.4) is 0 Å². The second kappa shape index (κ2) is 11.2. The number of nitrogens with one attached hydrogen (secondary N) is 2. The maximum atomic E-state index is 6.19. The Kier molecular flexibility index (Phi) is 8.39. The fourth-order valence-electron chi connectivity index (χ4n) is 3.35. The van der Waals surface area contributed by atoms with Gasteiger partial charge in [0.1, 0.15) is 11.9 Å². The van der Waals surface area contributed by atoms with Crippen LogP contribution in [0.2, 0.25) is 0 Å². The zero-order valence-electron chi connectivity index (χ0n) is 17.2. The first-order chi connectivity index (χ1) is 13.7. The van der Waals surface area contributed by atoms with Gasteiger partial charge in [-0.1, -0.05) is 12.1 Å². The van der Waals surface area contributed by atoms with Gasteiger partial charge < -0.3 is 24.8 Å². The molecular weight excluding hydrogens is 356 g/mol. The molecule has 2 saturated heterocycles. The lowest BCUT2D eigenvalue weighted by Gasteiger charge is -2.26. The van der Waals surface area contributed by atoms with Crippen molar-refractivity contribution in [3.05, 3.63) is 29.3 Å². The van der Waals surface area contributed by atoms with Crippen LogP contribution in [0, 0.1) is 6.92 Å². The standard InChI is InChI=1S/C21H34N4O3/c1-3-22-21(23-7-8-25-9-12-26-13-10-25)24-15-18-5-4-17(2)14-20(18)28-19-6-11-27-16-19/h4-5,14,19H,3,6-13,15-16H2,1-2H3,(H2,22,23,24). The molecule has 1 aromatic rings. The van der Waals surface area contributed by atoms with Crippen molar-refractivity contribution in [2.24, 2.45) is 4.99 Å². The molecule has 0 saturated carbocycles. The lowest BCUT2D eigenvalue weighted by atomic mass is 10.1. The second-order valence-corrected chi connectivity index (χ2v) is 7.29. The minimum atomic E-state index is 0.143. The zero-order valence-corrected chi connectivity index (χ0v) is 17.2. The lowest BCUT2D eigenvalue weighted by Crippen LogP contribution is -2.44. The van der Waals surface area contributed by atoms with Gasteiger partial charge in [-0.15, -0.1) is 0 Å². The quantitative estimate of drug-likeness (QED) is 0.519. The van der Waals surface area contributed by atoms with Gasteiger partial charge in [-0.25, -0.2) is 4.99 Å². The molecular formula is C21H34N4O3. The molecule has 1 atom stereocenters. The van der Waals surface area contributed by atoms with Crippen molar-refractivity contribution < 1.29 is 14.2 Å². The summed E-state index contributed by atoms with van der Waals surface area (Å²) >= 11 is 0. The molecule has 7 nitrogen and oxygen atoms in total. The number of guanidine groups is 1. The Morgan fingerprint density at radius 3 is 2.82 bits per heavy atom. The van der Waals surface area contributed by atoms with E-state index in [0.717, 1.165) is 76.2 Å². The average Bonchev–Trinajstić information content (AvgIpc) is 3.21. The van der Waals surface area contributed by atoms with Crippen molar-refractivity contribution in [1.82, 2.24) is 15.5 Å². The lowest BCUT2D eigenvalue weighted by molar-refractivity contribution is 0.0389. The zero-order chi connectivity index (χ0) is 19.6. The summed E-state index contributed by atoms with van der Waals surface area (Å²) in [4.78, 5) is 7.18. The van der Waals surface area contributed by atoms with Gasteiger partial charge in [-0.05, 0) is 25.5 Å². The van der Waals surface area contributed by atoms with E-state index >= 15 is 0 Å². The summed E-state index contributed by atoms with van der Waals surface area (Å²) in [6.07, 6.45) is 1.09. The van der Waals surface area contributed by atoms with Gasteiger partial charge in [0.25, 0.3) is 0 Å². The number of ether oxygens (including phenoxy) is 3. The number of morpholine rings is 1. The molecule has 0 radical (unpaired) electrons. The van der Waals surface area contributed by atoms with E-state index in [4.69, 9.17) is 19.2 Å². The number of nitrogens with zero attached hydrogens (tertiary/aromatic N) is 2. The number of rotatable bonds is 8. The van der Waals surface area contributed by atoms with E-state index in [1.54, 1.807) is 0 Å². The van der Waals surface area contributed by atoms with Crippen molar-refractivity contribution in [3.63, 3.8) is 0 Å². The molecule has 0 aromatic heterocycles. The topological polar surface area (TPSA) is 67.4 Å². The van der Waals surface area contributed by atoms with Crippen LogP contribution in [0.15, 0.2) is 23.2 Å². The van der Waals surface area contributed by atoms with Gasteiger partial charge in [-0.3, -0.25) is 4.90 Å². The van der Waals surface area contributed by atoms with Crippen LogP contribution in [0.25, 0.3) is 0 Å². The Morgan fingerprint density at radius 2 is 2.07 bits per heavy atom. The van der Waals surface area contributed by atoms with E-state index in [1.165, 1.54) is 5.56 Å². The average molecular weight is 391 g/mol. The molecule has 0 amide bonds. The van der Waals surface area contributed by atoms with E-state index in [2.05, 4.69) is 47.6 Å². The molecule has 2 aliphatic heterocycles. The third-order valence-corrected chi connectivity index (χ3v) is 4.98. The minimum absolute atomic E-state index is 0.143. The van der Waals surface area contributed by atoms with Crippen LogP contribution in [0.4, 0.5) is 0 Å². The largest absolute Gasteiger partial charge is 0.488 e. The molecule has 2 N–H and O–H groups in total. The SMILES string of the molecule is CCNC(=NCc1ccc(C)cc1OC1CCOC1)NCCN1CCOCC1. The molecule has 28 heavy (non-hydrogen) atoms. The number of aryl methyl sites for hydroxylation is 1. The molecule has 2 aliphatic rings. The fraction of sp³-hybridized carbons (Fsp3) is 0.667. The Balaban J connectivity index is 1.56. The van der Waals surface area contributed by atoms with Crippen LogP contribution in [0.5, 0.6) is 5.75 Å². The van der Waals surface area contributed by atoms with Crippen molar-refractivity contribution in [1.29, 1.82) is 0 Å². The maximum absolute atomic E-state index is 6.19. The van der Waals surface area contributed by atoms with Gasteiger partial charge in [0.15, 0.2) is 5.96 Å². The van der Waals surface area contributed by atoms with Gasteiger partial charge in [0.05, 0.1) is 33.0 Å². The monoisotopic (exact) mass is 390 g/mol. The predicted octanol–water partition coefficient (Wildman–Crippen LogP) is 1.55. The molecule has 1 unspecified atom stereocenters. The van der Waals surface area contributed by atoms with E-state index in [-0.39, 0.29) is 6.10 Å². The van der Waals surface area contributed by atoms with E-state index < -0.39 is 0 Å². The summed E-state index contributed by atoms with van der Waals surface area (Å²) < 4.78 is 17.0. The number of benzene rings is 1. The van der Waals surface area contributed by atoms with Crippen LogP contribution in [-0.2, 0) is 16.0 Å². The molecule has 3 rings (SSSR count). The molecule has 0 spiro atoms. The Hall–Kier alpha value is -1.83. The fourth-order valence-corrected chi connectivity index (χ4v) is 3.35. The van der Waals surface area contributed by atoms with Gasteiger partial charge in [-0.2, -0.15) is 0 Å². The summed E-state index contributed by atoms with van der Waals surface area (Å²) in [5.41, 5.74) is 2.29. The molecule has 1 aromatic carbocycles. The van der Waals surface area contributed by atoms with Crippen LogP contribution in [0.1, 0.15) is 24.5 Å². The van der Waals surface area contributed by atoms with Crippen LogP contribution < -0.4 is 15.4 Å². The molecule has 2 fully saturated rings. The summed E-state index contributed by atoms with van der Waals surface area (Å²) in [6, 6.07) is 6.32. The summed E-state index contributed by atoms with van der Waals surface area (Å²) in [6.45, 7) is 12.6. The highest BCUT2D eigenvalue weighted by atomic mass is 16.5. The summed E-state index contributed by atoms with van der Waals surface area (Å²) in [5, 5.41) is 6.77. The van der Waals surface area contributed by atoms with Gasteiger partial charge in [0, 0.05) is 44.7 Å². The smallest absolute Gasteiger partial charge is 0.191 e. The van der Waals surface area contributed by atoms with E-state index in [1.807, 2.05) is 0 Å². The number of hydrogen-bond acceptors (Lipinski definition) is 5. The predicted molar refractivity (Wildman–Crippen MR) is 111 cm³/mol. The Labute approximate surface area is 168 Å². The van der Waals surface area contributed by atoms with Crippen molar-refractivity contribution in [2.75, 3.05) is 59.2 Å². The third kappa shape index (κ3) is 6.65. The van der Waals surface area contributed by atoms with Crippen LogP contribution >= 0.6 is 0 Å².